The van der Waals surface area contributed by atoms with Crippen LogP contribution in [-0.2, 0) is 16.0 Å². The summed E-state index contributed by atoms with van der Waals surface area (Å²) in [5, 5.41) is 3.21. The monoisotopic (exact) mass is 486 g/mol. The lowest BCUT2D eigenvalue weighted by molar-refractivity contribution is -0.143. The molecular weight excluding hydrogens is 436 g/mol. The third-order valence-corrected chi connectivity index (χ3v) is 7.91. The molecule has 1 amide bonds. The number of ketones is 1. The quantitative estimate of drug-likeness (QED) is 0.252. The zero-order valence-corrected chi connectivity index (χ0v) is 22.8. The van der Waals surface area contributed by atoms with E-state index >= 15 is 0 Å². The van der Waals surface area contributed by atoms with Crippen LogP contribution in [0, 0.1) is 11.3 Å². The van der Waals surface area contributed by atoms with Crippen molar-refractivity contribution in [1.29, 1.82) is 0 Å². The van der Waals surface area contributed by atoms with E-state index in [0.717, 1.165) is 57.2 Å². The van der Waals surface area contributed by atoms with Crippen molar-refractivity contribution >= 4 is 17.4 Å². The van der Waals surface area contributed by atoms with Crippen LogP contribution in [0.2, 0.25) is 0 Å². The fourth-order valence-electron chi connectivity index (χ4n) is 5.13. The Labute approximate surface area is 214 Å². The van der Waals surface area contributed by atoms with E-state index in [4.69, 9.17) is 5.73 Å². The number of carbonyl (C=O) groups is 2. The first-order valence-corrected chi connectivity index (χ1v) is 13.9. The molecule has 3 N–H and O–H groups in total. The average Bonchev–Trinajstić information content (AvgIpc) is 2.87. The number of hydrogen-bond donors (Lipinski definition) is 2. The number of benzene rings is 1. The lowest BCUT2D eigenvalue weighted by atomic mass is 9.73. The topological polar surface area (TPSA) is 78.7 Å². The van der Waals surface area contributed by atoms with E-state index in [1.165, 1.54) is 31.2 Å². The number of aryl methyl sites for hydroxylation is 1. The third kappa shape index (κ3) is 8.91. The first-order valence-electron chi connectivity index (χ1n) is 13.9. The molecule has 198 valence electrons. The van der Waals surface area contributed by atoms with E-state index in [2.05, 4.69) is 60.2 Å². The SMILES string of the molecule is CCCN1CCC(C(N)=O)(C(=O)CCN(CCNC)c2ccc(CCCCC(C)CC)cc2)CC1. The number of nitrogens with zero attached hydrogens (tertiary/aromatic N) is 2. The van der Waals surface area contributed by atoms with Gasteiger partial charge in [-0.25, -0.2) is 0 Å². The number of rotatable bonds is 17. The predicted molar refractivity (Wildman–Crippen MR) is 147 cm³/mol. The summed E-state index contributed by atoms with van der Waals surface area (Å²) in [6.07, 6.45) is 8.71. The highest BCUT2D eigenvalue weighted by atomic mass is 16.2. The molecule has 0 aromatic heterocycles. The van der Waals surface area contributed by atoms with Gasteiger partial charge < -0.3 is 20.9 Å². The normalized spacial score (nSPS) is 16.7. The number of carbonyl (C=O) groups excluding carboxylic acids is 2. The second kappa shape index (κ2) is 15.2. The number of unbranched alkanes of at least 4 members (excludes halogenated alkanes) is 1. The Bertz CT molecular complexity index is 756. The minimum absolute atomic E-state index is 0.00790. The maximum Gasteiger partial charge on any atom is 0.231 e. The summed E-state index contributed by atoms with van der Waals surface area (Å²) in [6, 6.07) is 8.80. The predicted octanol–water partition coefficient (Wildman–Crippen LogP) is 4.41. The Morgan fingerprint density at radius 3 is 2.37 bits per heavy atom. The van der Waals surface area contributed by atoms with Gasteiger partial charge in [0.25, 0.3) is 0 Å². The number of nitrogens with one attached hydrogen (secondary N) is 1. The molecule has 35 heavy (non-hydrogen) atoms. The van der Waals surface area contributed by atoms with Crippen molar-refractivity contribution in [2.45, 2.75) is 78.6 Å². The molecule has 0 aliphatic carbocycles. The van der Waals surface area contributed by atoms with E-state index in [1.807, 2.05) is 7.05 Å². The molecule has 1 fully saturated rings. The molecule has 0 saturated carbocycles. The van der Waals surface area contributed by atoms with Crippen LogP contribution in [0.5, 0.6) is 0 Å². The van der Waals surface area contributed by atoms with Crippen molar-refractivity contribution in [3.8, 4) is 0 Å². The van der Waals surface area contributed by atoms with Crippen LogP contribution in [0.15, 0.2) is 24.3 Å². The molecule has 1 aromatic carbocycles. The summed E-state index contributed by atoms with van der Waals surface area (Å²) in [6.45, 7) is 11.5. The molecule has 0 radical (unpaired) electrons. The molecule has 1 atom stereocenters. The van der Waals surface area contributed by atoms with E-state index in [0.29, 0.717) is 25.8 Å². The Morgan fingerprint density at radius 1 is 1.11 bits per heavy atom. The number of Topliss-reactive ketones (excluding diaryl/α,β-unsaturated/α-hetero) is 1. The van der Waals surface area contributed by atoms with Gasteiger partial charge in [0, 0.05) is 31.7 Å². The molecule has 0 spiro atoms. The lowest BCUT2D eigenvalue weighted by Gasteiger charge is -2.39. The summed E-state index contributed by atoms with van der Waals surface area (Å²) >= 11 is 0. The summed E-state index contributed by atoms with van der Waals surface area (Å²) in [5.41, 5.74) is 7.30. The third-order valence-electron chi connectivity index (χ3n) is 7.91. The summed E-state index contributed by atoms with van der Waals surface area (Å²) in [7, 11) is 1.94. The Kier molecular flexibility index (Phi) is 12.8. The molecule has 1 aliphatic rings. The molecule has 1 heterocycles. The zero-order chi connectivity index (χ0) is 25.7. The number of nitrogens with two attached hydrogens (primary N) is 1. The lowest BCUT2D eigenvalue weighted by Crippen LogP contribution is -2.52. The minimum Gasteiger partial charge on any atom is -0.370 e. The van der Waals surface area contributed by atoms with Gasteiger partial charge in [-0.05, 0) is 82.4 Å². The van der Waals surface area contributed by atoms with Gasteiger partial charge in [-0.3, -0.25) is 9.59 Å². The van der Waals surface area contributed by atoms with Crippen LogP contribution < -0.4 is 16.0 Å². The van der Waals surface area contributed by atoms with Gasteiger partial charge in [0.2, 0.25) is 5.91 Å². The van der Waals surface area contributed by atoms with Crippen molar-refractivity contribution in [2.24, 2.45) is 17.1 Å². The Morgan fingerprint density at radius 2 is 1.80 bits per heavy atom. The Balaban J connectivity index is 1.96. The number of likely N-dealkylation sites (tertiary alicyclic amines) is 1. The van der Waals surface area contributed by atoms with Gasteiger partial charge in [-0.2, -0.15) is 0 Å². The second-order valence-corrected chi connectivity index (χ2v) is 10.5. The standard InChI is InChI=1S/C29H50N4O2/c1-5-19-32-21-16-29(17-22-32,28(30)35)27(34)15-20-33(23-18-31-4)26-13-11-25(12-14-26)10-8-7-9-24(3)6-2/h11-14,24,31H,5-10,15-23H2,1-4H3,(H2,30,35). The molecule has 1 aromatic rings. The van der Waals surface area contributed by atoms with Gasteiger partial charge in [0.15, 0.2) is 0 Å². The fourth-order valence-corrected chi connectivity index (χ4v) is 5.13. The highest BCUT2D eigenvalue weighted by Gasteiger charge is 2.45. The van der Waals surface area contributed by atoms with Crippen LogP contribution in [0.1, 0.15) is 77.7 Å². The first-order chi connectivity index (χ1) is 16.9. The largest absolute Gasteiger partial charge is 0.370 e. The van der Waals surface area contributed by atoms with Gasteiger partial charge in [-0.1, -0.05) is 52.2 Å². The van der Waals surface area contributed by atoms with Crippen molar-refractivity contribution in [3.63, 3.8) is 0 Å². The Hall–Kier alpha value is -1.92. The molecule has 1 saturated heterocycles. The van der Waals surface area contributed by atoms with Crippen molar-refractivity contribution in [2.75, 3.05) is 51.2 Å². The van der Waals surface area contributed by atoms with E-state index in [1.54, 1.807) is 0 Å². The van der Waals surface area contributed by atoms with Gasteiger partial charge >= 0.3 is 0 Å². The summed E-state index contributed by atoms with van der Waals surface area (Å²) in [5.74, 6) is 0.380. The first kappa shape index (κ1) is 29.3. The minimum atomic E-state index is -1.00. The number of amides is 1. The number of piperidine rings is 1. The zero-order valence-electron chi connectivity index (χ0n) is 22.8. The maximum absolute atomic E-state index is 13.3. The van der Waals surface area contributed by atoms with Crippen LogP contribution in [0.25, 0.3) is 0 Å². The highest BCUT2D eigenvalue weighted by Crippen LogP contribution is 2.34. The fraction of sp³-hybridized carbons (Fsp3) is 0.724. The molecule has 0 bridgehead atoms. The van der Waals surface area contributed by atoms with Gasteiger partial charge in [-0.15, -0.1) is 0 Å². The molecule has 1 aliphatic heterocycles. The number of hydrogen-bond acceptors (Lipinski definition) is 5. The van der Waals surface area contributed by atoms with Crippen LogP contribution in [-0.4, -0.2) is 62.9 Å². The summed E-state index contributed by atoms with van der Waals surface area (Å²) < 4.78 is 0. The number of likely N-dealkylation sites (N-methyl/N-ethyl adjacent to an activating group) is 1. The molecule has 2 rings (SSSR count). The smallest absolute Gasteiger partial charge is 0.231 e. The second-order valence-electron chi connectivity index (χ2n) is 10.5. The van der Waals surface area contributed by atoms with Crippen LogP contribution in [0.4, 0.5) is 5.69 Å². The van der Waals surface area contributed by atoms with E-state index < -0.39 is 11.3 Å². The van der Waals surface area contributed by atoms with Crippen molar-refractivity contribution in [1.82, 2.24) is 10.2 Å². The van der Waals surface area contributed by atoms with E-state index in [9.17, 15) is 9.59 Å². The maximum atomic E-state index is 13.3. The molecule has 6 nitrogen and oxygen atoms in total. The number of primary amides is 1. The van der Waals surface area contributed by atoms with Gasteiger partial charge in [0.05, 0.1) is 0 Å². The van der Waals surface area contributed by atoms with Crippen molar-refractivity contribution < 1.29 is 9.59 Å². The molecule has 6 heteroatoms. The van der Waals surface area contributed by atoms with E-state index in [-0.39, 0.29) is 5.78 Å². The van der Waals surface area contributed by atoms with Gasteiger partial charge in [0.1, 0.15) is 11.2 Å². The molecular formula is C29H50N4O2. The average molecular weight is 487 g/mol. The van der Waals surface area contributed by atoms with Crippen LogP contribution in [0.3, 0.4) is 0 Å². The van der Waals surface area contributed by atoms with Crippen LogP contribution >= 0.6 is 0 Å². The number of anilines is 1. The van der Waals surface area contributed by atoms with Crippen molar-refractivity contribution in [3.05, 3.63) is 29.8 Å². The highest BCUT2D eigenvalue weighted by molar-refractivity contribution is 6.05. The molecule has 1 unspecified atom stereocenters. The summed E-state index contributed by atoms with van der Waals surface area (Å²) in [4.78, 5) is 30.4.